The Kier molecular flexibility index (Phi) is 8.88. The third-order valence-electron chi connectivity index (χ3n) is 7.29. The maximum atomic E-state index is 13.4. The van der Waals surface area contributed by atoms with E-state index in [-0.39, 0.29) is 44.1 Å². The van der Waals surface area contributed by atoms with Crippen LogP contribution in [0.15, 0.2) is 30.3 Å². The van der Waals surface area contributed by atoms with Crippen LogP contribution in [0.1, 0.15) is 50.5 Å². The summed E-state index contributed by atoms with van der Waals surface area (Å²) in [6.07, 6.45) is -0.555. The molecule has 1 aromatic heterocycles. The van der Waals surface area contributed by atoms with Crippen LogP contribution in [-0.4, -0.2) is 112 Å². The number of rotatable bonds is 2. The second kappa shape index (κ2) is 12.2. The number of carbonyl (C=O) groups is 5. The molecule has 0 saturated carbocycles. The number of alkyl carbamates (subject to hydrolysis) is 1. The van der Waals surface area contributed by atoms with E-state index in [0.717, 1.165) is 4.90 Å². The lowest BCUT2D eigenvalue weighted by Gasteiger charge is -2.27. The van der Waals surface area contributed by atoms with E-state index in [0.29, 0.717) is 23.1 Å². The Bertz CT molecular complexity index is 1390. The maximum absolute atomic E-state index is 13.4. The molecular weight excluding hydrogens is 546 g/mol. The van der Waals surface area contributed by atoms with Gasteiger partial charge in [0.2, 0.25) is 11.8 Å². The number of pyridine rings is 1. The smallest absolute Gasteiger partial charge is 0.407 e. The van der Waals surface area contributed by atoms with Gasteiger partial charge in [-0.1, -0.05) is 18.2 Å². The van der Waals surface area contributed by atoms with Gasteiger partial charge >= 0.3 is 12.1 Å². The van der Waals surface area contributed by atoms with Crippen molar-refractivity contribution < 1.29 is 38.6 Å². The molecule has 0 unspecified atom stereocenters. The minimum absolute atomic E-state index is 0.0272. The fourth-order valence-corrected chi connectivity index (χ4v) is 5.14. The van der Waals surface area contributed by atoms with Crippen molar-refractivity contribution in [3.63, 3.8) is 0 Å². The van der Waals surface area contributed by atoms with Crippen LogP contribution in [-0.2, 0) is 19.1 Å². The summed E-state index contributed by atoms with van der Waals surface area (Å²) in [6, 6.07) is 6.36. The molecule has 1 fully saturated rings. The number of para-hydroxylation sites is 1. The topological polar surface area (TPSA) is 159 Å². The quantitative estimate of drug-likeness (QED) is 0.538. The number of hydrogen-bond acceptors (Lipinski definition) is 8. The molecule has 2 bridgehead atoms. The van der Waals surface area contributed by atoms with E-state index in [1.54, 1.807) is 43.9 Å². The summed E-state index contributed by atoms with van der Waals surface area (Å²) in [5.41, 5.74) is -0.260. The van der Waals surface area contributed by atoms with Gasteiger partial charge in [0.1, 0.15) is 35.2 Å². The zero-order valence-electron chi connectivity index (χ0n) is 24.5. The van der Waals surface area contributed by atoms with Gasteiger partial charge in [-0.05, 0) is 45.7 Å². The Morgan fingerprint density at radius 1 is 1.10 bits per heavy atom. The van der Waals surface area contributed by atoms with Crippen molar-refractivity contribution in [1.29, 1.82) is 0 Å². The maximum Gasteiger partial charge on any atom is 0.407 e. The lowest BCUT2D eigenvalue weighted by atomic mass is 10.1. The van der Waals surface area contributed by atoms with Crippen molar-refractivity contribution in [3.8, 4) is 5.75 Å². The van der Waals surface area contributed by atoms with Crippen LogP contribution in [0.5, 0.6) is 5.75 Å². The number of fused-ring (bicyclic) bond motifs is 2. The number of carbonyl (C=O) groups excluding carboxylic acids is 4. The average molecular weight is 584 g/mol. The lowest BCUT2D eigenvalue weighted by Crippen LogP contribution is -2.46. The van der Waals surface area contributed by atoms with Crippen LogP contribution in [0.3, 0.4) is 0 Å². The normalized spacial score (nSPS) is 22.5. The molecule has 2 aliphatic heterocycles. The molecule has 4 rings (SSSR count). The van der Waals surface area contributed by atoms with Gasteiger partial charge in [-0.25, -0.2) is 14.6 Å². The molecule has 2 aliphatic rings. The van der Waals surface area contributed by atoms with Gasteiger partial charge in [0.15, 0.2) is 0 Å². The number of aliphatic carboxylic acids is 1. The van der Waals surface area contributed by atoms with Crippen LogP contribution >= 0.6 is 0 Å². The Labute approximate surface area is 243 Å². The molecular formula is C29H37N5O8. The zero-order chi connectivity index (χ0) is 30.8. The molecule has 1 aromatic carbocycles. The van der Waals surface area contributed by atoms with E-state index < -0.39 is 47.6 Å². The van der Waals surface area contributed by atoms with Crippen LogP contribution in [0.25, 0.3) is 10.9 Å². The summed E-state index contributed by atoms with van der Waals surface area (Å²) < 4.78 is 11.5. The number of likely N-dealkylation sites (N-methyl/N-ethyl adjacent to an activating group) is 2. The third-order valence-corrected chi connectivity index (χ3v) is 7.29. The molecule has 13 nitrogen and oxygen atoms in total. The molecule has 2 N–H and O–H groups in total. The van der Waals surface area contributed by atoms with E-state index in [1.807, 2.05) is 6.07 Å². The predicted octanol–water partition coefficient (Wildman–Crippen LogP) is 1.89. The number of amides is 4. The van der Waals surface area contributed by atoms with Crippen molar-refractivity contribution in [2.75, 3.05) is 33.8 Å². The largest absolute Gasteiger partial charge is 0.489 e. The Morgan fingerprint density at radius 3 is 2.52 bits per heavy atom. The first-order chi connectivity index (χ1) is 19.7. The molecule has 4 amide bonds. The molecule has 1 saturated heterocycles. The van der Waals surface area contributed by atoms with Gasteiger partial charge in [-0.2, -0.15) is 0 Å². The molecule has 13 heteroatoms. The van der Waals surface area contributed by atoms with E-state index in [2.05, 4.69) is 10.3 Å². The molecule has 0 aliphatic carbocycles. The average Bonchev–Trinajstić information content (AvgIpc) is 3.31. The second-order valence-corrected chi connectivity index (χ2v) is 11.7. The minimum atomic E-state index is -1.28. The number of aromatic nitrogens is 1. The fourth-order valence-electron chi connectivity index (χ4n) is 5.14. The summed E-state index contributed by atoms with van der Waals surface area (Å²) >= 11 is 0. The van der Waals surface area contributed by atoms with Crippen LogP contribution in [0.4, 0.5) is 4.79 Å². The summed E-state index contributed by atoms with van der Waals surface area (Å²) in [5.74, 6) is -2.28. The molecule has 3 heterocycles. The predicted molar refractivity (Wildman–Crippen MR) is 151 cm³/mol. The van der Waals surface area contributed by atoms with Gasteiger partial charge in [-0.15, -0.1) is 0 Å². The van der Waals surface area contributed by atoms with Gasteiger partial charge in [0.25, 0.3) is 5.91 Å². The highest BCUT2D eigenvalue weighted by Gasteiger charge is 2.38. The van der Waals surface area contributed by atoms with Crippen LogP contribution < -0.4 is 10.1 Å². The van der Waals surface area contributed by atoms with Crippen molar-refractivity contribution >= 4 is 40.7 Å². The number of nitrogens with zero attached hydrogens (tertiary/aromatic N) is 4. The van der Waals surface area contributed by atoms with Gasteiger partial charge in [0, 0.05) is 32.4 Å². The van der Waals surface area contributed by atoms with Gasteiger partial charge in [-0.3, -0.25) is 14.4 Å². The molecule has 2 aromatic rings. The first-order valence-electron chi connectivity index (χ1n) is 13.8. The van der Waals surface area contributed by atoms with E-state index in [4.69, 9.17) is 9.47 Å². The summed E-state index contributed by atoms with van der Waals surface area (Å²) in [5, 5.41) is 13.4. The summed E-state index contributed by atoms with van der Waals surface area (Å²) in [4.78, 5) is 72.5. The molecule has 0 radical (unpaired) electrons. The number of carboxylic acid groups (broad SMARTS) is 1. The molecule has 42 heavy (non-hydrogen) atoms. The number of benzene rings is 1. The summed E-state index contributed by atoms with van der Waals surface area (Å²) in [6.45, 7) is 5.27. The number of nitrogens with one attached hydrogen (secondary N) is 1. The second-order valence-electron chi connectivity index (χ2n) is 11.7. The highest BCUT2D eigenvalue weighted by atomic mass is 16.6. The van der Waals surface area contributed by atoms with E-state index in [1.165, 1.54) is 25.1 Å². The number of hydrogen-bond donors (Lipinski definition) is 2. The number of ether oxygens (including phenoxy) is 2. The van der Waals surface area contributed by atoms with Crippen molar-refractivity contribution in [1.82, 2.24) is 25.0 Å². The van der Waals surface area contributed by atoms with E-state index >= 15 is 0 Å². The third kappa shape index (κ3) is 7.07. The first kappa shape index (κ1) is 30.5. The fraction of sp³-hybridized carbons (Fsp3) is 0.517. The Balaban J connectivity index is 1.67. The summed E-state index contributed by atoms with van der Waals surface area (Å²) in [7, 11) is 2.82. The van der Waals surface area contributed by atoms with Crippen LogP contribution in [0.2, 0.25) is 0 Å². The van der Waals surface area contributed by atoms with Crippen LogP contribution in [0, 0.1) is 0 Å². The molecule has 0 spiro atoms. The Hall–Kier alpha value is -4.42. The Morgan fingerprint density at radius 2 is 1.83 bits per heavy atom. The number of carboxylic acids is 1. The van der Waals surface area contributed by atoms with Gasteiger partial charge < -0.3 is 34.6 Å². The van der Waals surface area contributed by atoms with Gasteiger partial charge in [0.05, 0.1) is 18.6 Å². The SMILES string of the molecule is CN1CC(=O)N2C[C@@H](NC(=O)OC(C)(C)C)C[C@H]2COc2cccc3ccc(nc23)C(=O)N(C)[C@H](C(=O)O)CCC1=O. The van der Waals surface area contributed by atoms with Crippen molar-refractivity contribution in [2.45, 2.75) is 63.8 Å². The van der Waals surface area contributed by atoms with E-state index in [9.17, 15) is 29.1 Å². The lowest BCUT2D eigenvalue weighted by molar-refractivity contribution is -0.143. The molecule has 226 valence electrons. The minimum Gasteiger partial charge on any atom is -0.489 e. The highest BCUT2D eigenvalue weighted by molar-refractivity contribution is 5.98. The highest BCUT2D eigenvalue weighted by Crippen LogP contribution is 2.27. The monoisotopic (exact) mass is 583 g/mol. The molecule has 3 atom stereocenters. The standard InChI is InChI=1S/C29H37N5O8/c1-29(2,3)42-28(40)30-18-13-19-16-41-22-8-6-7-17-9-10-20(31-25(17)22)26(37)33(5)21(27(38)39)11-12-23(35)32(4)15-24(36)34(19)14-18/h6-10,18-19,21H,11-16H2,1-5H3,(H,30,40)(H,38,39)/t18-,19-,21-/m0/s1. The first-order valence-corrected chi connectivity index (χ1v) is 13.8. The zero-order valence-corrected chi connectivity index (χ0v) is 24.5. The van der Waals surface area contributed by atoms with Crippen molar-refractivity contribution in [3.05, 3.63) is 36.0 Å². The van der Waals surface area contributed by atoms with Crippen molar-refractivity contribution in [2.24, 2.45) is 0 Å².